The zero-order valence-electron chi connectivity index (χ0n) is 16.2. The largest absolute Gasteiger partial charge is 0.382 e. The third-order valence-electron chi connectivity index (χ3n) is 4.19. The Morgan fingerprint density at radius 3 is 2.59 bits per heavy atom. The average Bonchev–Trinajstić information content (AvgIpc) is 3.10. The van der Waals surface area contributed by atoms with Gasteiger partial charge in [0.25, 0.3) is 0 Å². The molecule has 0 radical (unpaired) electrons. The lowest BCUT2D eigenvalue weighted by Crippen LogP contribution is -2.37. The SMILES string of the molecule is CN=C(NCCCOCCOC)NCc1ccc(N2CCCC2=O)cc1.I. The molecule has 0 aromatic heterocycles. The van der Waals surface area contributed by atoms with E-state index in [0.717, 1.165) is 43.1 Å². The molecule has 8 heteroatoms. The number of amides is 1. The van der Waals surface area contributed by atoms with Gasteiger partial charge in [-0.2, -0.15) is 0 Å². The summed E-state index contributed by atoms with van der Waals surface area (Å²) in [5, 5.41) is 6.56. The number of rotatable bonds is 10. The van der Waals surface area contributed by atoms with Crippen LogP contribution in [0.1, 0.15) is 24.8 Å². The molecule has 2 N–H and O–H groups in total. The Morgan fingerprint density at radius 1 is 1.19 bits per heavy atom. The number of nitrogens with zero attached hydrogens (tertiary/aromatic N) is 2. The van der Waals surface area contributed by atoms with Gasteiger partial charge >= 0.3 is 0 Å². The molecule has 0 atom stereocenters. The van der Waals surface area contributed by atoms with Gasteiger partial charge in [0.1, 0.15) is 0 Å². The normalized spacial score (nSPS) is 14.2. The molecule has 0 saturated carbocycles. The van der Waals surface area contributed by atoms with Crippen molar-refractivity contribution in [3.63, 3.8) is 0 Å². The standard InChI is InChI=1S/C19H30N4O3.HI/c1-20-19(21-10-4-12-26-14-13-25-2)22-15-16-6-8-17(9-7-16)23-11-3-5-18(23)24;/h6-9H,3-5,10-15H2,1-2H3,(H2,20,21,22);1H. The molecule has 1 aromatic rings. The summed E-state index contributed by atoms with van der Waals surface area (Å²) in [6.45, 7) is 4.25. The number of methoxy groups -OCH3 is 1. The first kappa shape index (κ1) is 23.6. The smallest absolute Gasteiger partial charge is 0.227 e. The highest BCUT2D eigenvalue weighted by Gasteiger charge is 2.21. The number of halogens is 1. The molecule has 1 amide bonds. The van der Waals surface area contributed by atoms with E-state index in [2.05, 4.69) is 15.6 Å². The van der Waals surface area contributed by atoms with Gasteiger partial charge in [-0.25, -0.2) is 0 Å². The van der Waals surface area contributed by atoms with Crippen LogP contribution in [-0.4, -0.2) is 58.9 Å². The molecule has 0 bridgehead atoms. The van der Waals surface area contributed by atoms with Crippen LogP contribution in [0.5, 0.6) is 0 Å². The third-order valence-corrected chi connectivity index (χ3v) is 4.19. The van der Waals surface area contributed by atoms with Gasteiger partial charge in [-0.1, -0.05) is 12.1 Å². The molecule has 1 aliphatic heterocycles. The van der Waals surface area contributed by atoms with Crippen LogP contribution in [0.3, 0.4) is 0 Å². The number of guanidine groups is 1. The summed E-state index contributed by atoms with van der Waals surface area (Å²) < 4.78 is 10.4. The first-order valence-corrected chi connectivity index (χ1v) is 9.15. The molecule has 0 aliphatic carbocycles. The number of anilines is 1. The summed E-state index contributed by atoms with van der Waals surface area (Å²) in [6, 6.07) is 8.11. The van der Waals surface area contributed by atoms with Crippen molar-refractivity contribution in [2.45, 2.75) is 25.8 Å². The summed E-state index contributed by atoms with van der Waals surface area (Å²) in [5.41, 5.74) is 2.12. The highest BCUT2D eigenvalue weighted by Crippen LogP contribution is 2.21. The quantitative estimate of drug-likeness (QED) is 0.228. The van der Waals surface area contributed by atoms with Crippen LogP contribution in [0.4, 0.5) is 5.69 Å². The topological polar surface area (TPSA) is 75.2 Å². The molecule has 7 nitrogen and oxygen atoms in total. The zero-order chi connectivity index (χ0) is 18.6. The van der Waals surface area contributed by atoms with Crippen molar-refractivity contribution in [3.8, 4) is 0 Å². The van der Waals surface area contributed by atoms with Crippen molar-refractivity contribution in [2.24, 2.45) is 4.99 Å². The third kappa shape index (κ3) is 8.44. The Bertz CT molecular complexity index is 581. The fraction of sp³-hybridized carbons (Fsp3) is 0.579. The monoisotopic (exact) mass is 490 g/mol. The molecule has 1 fully saturated rings. The fourth-order valence-corrected chi connectivity index (χ4v) is 2.75. The van der Waals surface area contributed by atoms with E-state index < -0.39 is 0 Å². The predicted octanol–water partition coefficient (Wildman–Crippen LogP) is 2.15. The number of carbonyl (C=O) groups excluding carboxylic acids is 1. The Morgan fingerprint density at radius 2 is 1.96 bits per heavy atom. The van der Waals surface area contributed by atoms with Gasteiger partial charge in [0.2, 0.25) is 5.91 Å². The highest BCUT2D eigenvalue weighted by atomic mass is 127. The maximum Gasteiger partial charge on any atom is 0.227 e. The summed E-state index contributed by atoms with van der Waals surface area (Å²) in [5.74, 6) is 0.979. The minimum Gasteiger partial charge on any atom is -0.382 e. The van der Waals surface area contributed by atoms with Crippen molar-refractivity contribution in [1.29, 1.82) is 0 Å². The van der Waals surface area contributed by atoms with Crippen LogP contribution in [0, 0.1) is 0 Å². The number of nitrogens with one attached hydrogen (secondary N) is 2. The minimum absolute atomic E-state index is 0. The van der Waals surface area contributed by atoms with Gasteiger partial charge in [0, 0.05) is 52.5 Å². The highest BCUT2D eigenvalue weighted by molar-refractivity contribution is 14.0. The molecule has 27 heavy (non-hydrogen) atoms. The van der Waals surface area contributed by atoms with E-state index in [9.17, 15) is 4.79 Å². The van der Waals surface area contributed by atoms with Crippen LogP contribution in [0.2, 0.25) is 0 Å². The summed E-state index contributed by atoms with van der Waals surface area (Å²) in [6.07, 6.45) is 2.51. The van der Waals surface area contributed by atoms with E-state index in [1.807, 2.05) is 29.2 Å². The van der Waals surface area contributed by atoms with Crippen molar-refractivity contribution in [2.75, 3.05) is 52.0 Å². The van der Waals surface area contributed by atoms with Gasteiger partial charge in [-0.15, -0.1) is 24.0 Å². The van der Waals surface area contributed by atoms with Crippen LogP contribution >= 0.6 is 24.0 Å². The van der Waals surface area contributed by atoms with Crippen LogP contribution in [0.15, 0.2) is 29.3 Å². The lowest BCUT2D eigenvalue weighted by molar-refractivity contribution is -0.117. The van der Waals surface area contributed by atoms with Crippen molar-refractivity contribution < 1.29 is 14.3 Å². The van der Waals surface area contributed by atoms with Crippen molar-refractivity contribution in [3.05, 3.63) is 29.8 Å². The van der Waals surface area contributed by atoms with E-state index in [-0.39, 0.29) is 29.9 Å². The van der Waals surface area contributed by atoms with E-state index in [4.69, 9.17) is 9.47 Å². The minimum atomic E-state index is 0. The van der Waals surface area contributed by atoms with Crippen molar-refractivity contribution in [1.82, 2.24) is 10.6 Å². The summed E-state index contributed by atoms with van der Waals surface area (Å²) in [4.78, 5) is 17.9. The van der Waals surface area contributed by atoms with E-state index >= 15 is 0 Å². The predicted molar refractivity (Wildman–Crippen MR) is 119 cm³/mol. The molecular weight excluding hydrogens is 459 g/mol. The number of aliphatic imine (C=N–C) groups is 1. The lowest BCUT2D eigenvalue weighted by atomic mass is 10.2. The average molecular weight is 490 g/mol. The van der Waals surface area contributed by atoms with Gasteiger partial charge in [-0.05, 0) is 30.5 Å². The fourth-order valence-electron chi connectivity index (χ4n) is 2.75. The van der Waals surface area contributed by atoms with E-state index in [0.29, 0.717) is 32.8 Å². The molecular formula is C19H31IN4O3. The van der Waals surface area contributed by atoms with Gasteiger partial charge < -0.3 is 25.0 Å². The van der Waals surface area contributed by atoms with Gasteiger partial charge in [0.05, 0.1) is 13.2 Å². The first-order valence-electron chi connectivity index (χ1n) is 9.15. The second kappa shape index (κ2) is 13.7. The first-order chi connectivity index (χ1) is 12.7. The van der Waals surface area contributed by atoms with Crippen LogP contribution in [-0.2, 0) is 20.8 Å². The van der Waals surface area contributed by atoms with Crippen LogP contribution in [0.25, 0.3) is 0 Å². The Balaban J connectivity index is 0.00000364. The van der Waals surface area contributed by atoms with E-state index in [1.165, 1.54) is 0 Å². The Labute approximate surface area is 178 Å². The van der Waals surface area contributed by atoms with Crippen LogP contribution < -0.4 is 15.5 Å². The maximum absolute atomic E-state index is 11.8. The molecule has 0 spiro atoms. The molecule has 1 heterocycles. The van der Waals surface area contributed by atoms with Gasteiger partial charge in [-0.3, -0.25) is 9.79 Å². The lowest BCUT2D eigenvalue weighted by Gasteiger charge is -2.16. The number of carbonyl (C=O) groups is 1. The number of ether oxygens (including phenoxy) is 2. The molecule has 2 rings (SSSR count). The van der Waals surface area contributed by atoms with Crippen molar-refractivity contribution >= 4 is 41.5 Å². The molecule has 1 saturated heterocycles. The second-order valence-corrected chi connectivity index (χ2v) is 6.13. The van der Waals surface area contributed by atoms with Gasteiger partial charge in [0.15, 0.2) is 5.96 Å². The molecule has 0 unspecified atom stereocenters. The number of benzene rings is 1. The Kier molecular flexibility index (Phi) is 12.0. The summed E-state index contributed by atoms with van der Waals surface area (Å²) in [7, 11) is 3.42. The van der Waals surface area contributed by atoms with E-state index in [1.54, 1.807) is 14.2 Å². The zero-order valence-corrected chi connectivity index (χ0v) is 18.5. The number of hydrogen-bond donors (Lipinski definition) is 2. The molecule has 152 valence electrons. The molecule has 1 aliphatic rings. The Hall–Kier alpha value is -1.39. The molecule has 1 aromatic carbocycles. The second-order valence-electron chi connectivity index (χ2n) is 6.13. The summed E-state index contributed by atoms with van der Waals surface area (Å²) >= 11 is 0. The number of hydrogen-bond acceptors (Lipinski definition) is 4. The maximum atomic E-state index is 11.8.